The van der Waals surface area contributed by atoms with Gasteiger partial charge >= 0.3 is 0 Å². The van der Waals surface area contributed by atoms with Crippen LogP contribution in [0.3, 0.4) is 0 Å². The number of carbonyl (C=O) groups is 1. The average Bonchev–Trinajstić information content (AvgIpc) is 3.26. The first-order valence-electron chi connectivity index (χ1n) is 9.46. The van der Waals surface area contributed by atoms with Gasteiger partial charge in [0.15, 0.2) is 9.84 Å². The second kappa shape index (κ2) is 8.21. The molecule has 1 aliphatic heterocycles. The number of thiophene rings is 1. The summed E-state index contributed by atoms with van der Waals surface area (Å²) in [5.74, 6) is 0.0560. The van der Waals surface area contributed by atoms with Crippen LogP contribution >= 0.6 is 11.3 Å². The monoisotopic (exact) mass is 417 g/mol. The number of amides is 1. The second-order valence-corrected chi connectivity index (χ2v) is 11.5. The SMILES string of the molecule is CC(C)(C)c1ccc(CN(C(=O)C=Cc2cccs2)C2CCS(=O)(=O)C2)cc1. The quantitative estimate of drug-likeness (QED) is 0.683. The highest BCUT2D eigenvalue weighted by atomic mass is 32.2. The Morgan fingerprint density at radius 3 is 2.46 bits per heavy atom. The molecule has 0 aliphatic carbocycles. The van der Waals surface area contributed by atoms with E-state index in [9.17, 15) is 13.2 Å². The third-order valence-electron chi connectivity index (χ3n) is 5.04. The molecule has 1 unspecified atom stereocenters. The van der Waals surface area contributed by atoms with Crippen molar-refractivity contribution >= 4 is 33.2 Å². The highest BCUT2D eigenvalue weighted by Crippen LogP contribution is 2.24. The highest BCUT2D eigenvalue weighted by Gasteiger charge is 2.34. The lowest BCUT2D eigenvalue weighted by Crippen LogP contribution is -2.39. The Bertz CT molecular complexity index is 937. The molecule has 28 heavy (non-hydrogen) atoms. The van der Waals surface area contributed by atoms with Crippen LogP contribution in [0.1, 0.15) is 43.2 Å². The number of sulfone groups is 1. The van der Waals surface area contributed by atoms with Gasteiger partial charge in [0.25, 0.3) is 0 Å². The third-order valence-corrected chi connectivity index (χ3v) is 7.63. The molecule has 1 aliphatic rings. The largest absolute Gasteiger partial charge is 0.331 e. The molecule has 150 valence electrons. The lowest BCUT2D eigenvalue weighted by molar-refractivity contribution is -0.128. The van der Waals surface area contributed by atoms with Gasteiger partial charge in [-0.25, -0.2) is 8.42 Å². The zero-order valence-electron chi connectivity index (χ0n) is 16.6. The van der Waals surface area contributed by atoms with E-state index in [1.165, 1.54) is 5.56 Å². The molecule has 1 atom stereocenters. The van der Waals surface area contributed by atoms with E-state index in [1.54, 1.807) is 28.4 Å². The third kappa shape index (κ3) is 5.32. The zero-order valence-corrected chi connectivity index (χ0v) is 18.2. The summed E-state index contributed by atoms with van der Waals surface area (Å²) in [6.45, 7) is 6.90. The van der Waals surface area contributed by atoms with Gasteiger partial charge in [-0.15, -0.1) is 11.3 Å². The van der Waals surface area contributed by atoms with Crippen molar-refractivity contribution < 1.29 is 13.2 Å². The normalized spacial score (nSPS) is 19.2. The molecule has 0 saturated carbocycles. The molecule has 1 fully saturated rings. The van der Waals surface area contributed by atoms with Gasteiger partial charge in [0.1, 0.15) is 0 Å². The van der Waals surface area contributed by atoms with E-state index in [1.807, 2.05) is 29.6 Å². The van der Waals surface area contributed by atoms with Crippen LogP contribution < -0.4 is 0 Å². The van der Waals surface area contributed by atoms with E-state index in [0.717, 1.165) is 10.4 Å². The Morgan fingerprint density at radius 2 is 1.93 bits per heavy atom. The lowest BCUT2D eigenvalue weighted by atomic mass is 9.86. The molecule has 1 aromatic carbocycles. The van der Waals surface area contributed by atoms with Gasteiger partial charge in [0, 0.05) is 23.5 Å². The Labute approximate surface area is 171 Å². The number of nitrogens with zero attached hydrogens (tertiary/aromatic N) is 1. The van der Waals surface area contributed by atoms with Crippen LogP contribution in [0.15, 0.2) is 47.9 Å². The van der Waals surface area contributed by atoms with E-state index < -0.39 is 9.84 Å². The number of hydrogen-bond donors (Lipinski definition) is 0. The minimum atomic E-state index is -3.07. The van der Waals surface area contributed by atoms with Crippen LogP contribution in [0.25, 0.3) is 6.08 Å². The molecule has 1 aromatic heterocycles. The molecular weight excluding hydrogens is 390 g/mol. The molecule has 0 bridgehead atoms. The first-order chi connectivity index (χ1) is 13.1. The standard InChI is InChI=1S/C22H27NO3S2/c1-22(2,3)18-8-6-17(7-9-18)15-23(19-12-14-28(25,26)16-19)21(24)11-10-20-5-4-13-27-20/h4-11,13,19H,12,14-16H2,1-3H3. The molecule has 0 radical (unpaired) electrons. The van der Waals surface area contributed by atoms with E-state index in [0.29, 0.717) is 13.0 Å². The molecule has 3 rings (SSSR count). The summed E-state index contributed by atoms with van der Waals surface area (Å²) >= 11 is 1.56. The second-order valence-electron chi connectivity index (χ2n) is 8.32. The van der Waals surface area contributed by atoms with E-state index in [4.69, 9.17) is 0 Å². The predicted octanol–water partition coefficient (Wildman–Crippen LogP) is 4.27. The van der Waals surface area contributed by atoms with Crippen LogP contribution in [-0.2, 0) is 26.6 Å². The fourth-order valence-corrected chi connectivity index (χ4v) is 5.70. The molecule has 1 amide bonds. The van der Waals surface area contributed by atoms with E-state index in [-0.39, 0.29) is 28.9 Å². The van der Waals surface area contributed by atoms with Gasteiger partial charge < -0.3 is 4.90 Å². The molecule has 6 heteroatoms. The summed E-state index contributed by atoms with van der Waals surface area (Å²) in [6, 6.07) is 11.9. The van der Waals surface area contributed by atoms with Crippen LogP contribution in [-0.4, -0.2) is 36.8 Å². The first-order valence-corrected chi connectivity index (χ1v) is 12.2. The summed E-state index contributed by atoms with van der Waals surface area (Å²) < 4.78 is 23.9. The summed E-state index contributed by atoms with van der Waals surface area (Å²) in [5.41, 5.74) is 2.31. The Hall–Kier alpha value is -1.92. The van der Waals surface area contributed by atoms with Crippen LogP contribution in [0.5, 0.6) is 0 Å². The molecule has 2 aromatic rings. The number of rotatable bonds is 5. The van der Waals surface area contributed by atoms with Gasteiger partial charge in [-0.1, -0.05) is 51.1 Å². The maximum atomic E-state index is 12.9. The van der Waals surface area contributed by atoms with Gasteiger partial charge in [0.05, 0.1) is 11.5 Å². The summed E-state index contributed by atoms with van der Waals surface area (Å²) in [7, 11) is -3.07. The van der Waals surface area contributed by atoms with E-state index in [2.05, 4.69) is 32.9 Å². The topological polar surface area (TPSA) is 54.5 Å². The molecule has 1 saturated heterocycles. The molecule has 4 nitrogen and oxygen atoms in total. The van der Waals surface area contributed by atoms with Crippen molar-refractivity contribution in [2.75, 3.05) is 11.5 Å². The van der Waals surface area contributed by atoms with E-state index >= 15 is 0 Å². The van der Waals surface area contributed by atoms with Crippen LogP contribution in [0.4, 0.5) is 0 Å². The summed E-state index contributed by atoms with van der Waals surface area (Å²) in [4.78, 5) is 15.6. The number of hydrogen-bond acceptors (Lipinski definition) is 4. The minimum absolute atomic E-state index is 0.0473. The lowest BCUT2D eigenvalue weighted by Gasteiger charge is -2.28. The van der Waals surface area contributed by atoms with Crippen molar-refractivity contribution in [1.29, 1.82) is 0 Å². The molecule has 0 spiro atoms. The summed E-state index contributed by atoms with van der Waals surface area (Å²) in [5, 5.41) is 1.96. The van der Waals surface area contributed by atoms with Crippen LogP contribution in [0, 0.1) is 0 Å². The predicted molar refractivity (Wildman–Crippen MR) is 116 cm³/mol. The average molecular weight is 418 g/mol. The Kier molecular flexibility index (Phi) is 6.10. The fourth-order valence-electron chi connectivity index (χ4n) is 3.35. The summed E-state index contributed by atoms with van der Waals surface area (Å²) in [6.07, 6.45) is 3.85. The van der Waals surface area contributed by atoms with Gasteiger partial charge in [0.2, 0.25) is 5.91 Å². The first kappa shape index (κ1) is 20.8. The van der Waals surface area contributed by atoms with Crippen molar-refractivity contribution in [3.63, 3.8) is 0 Å². The van der Waals surface area contributed by atoms with Gasteiger partial charge in [-0.3, -0.25) is 4.79 Å². The van der Waals surface area contributed by atoms with Crippen molar-refractivity contribution in [1.82, 2.24) is 4.90 Å². The van der Waals surface area contributed by atoms with Crippen molar-refractivity contribution in [3.05, 3.63) is 63.9 Å². The zero-order chi connectivity index (χ0) is 20.4. The molecule has 0 N–H and O–H groups in total. The van der Waals surface area contributed by atoms with Gasteiger partial charge in [-0.05, 0) is 40.5 Å². The van der Waals surface area contributed by atoms with Gasteiger partial charge in [-0.2, -0.15) is 0 Å². The number of carbonyl (C=O) groups excluding carboxylic acids is 1. The van der Waals surface area contributed by atoms with Crippen molar-refractivity contribution in [2.45, 2.75) is 45.2 Å². The van der Waals surface area contributed by atoms with Crippen molar-refractivity contribution in [2.24, 2.45) is 0 Å². The smallest absolute Gasteiger partial charge is 0.247 e. The maximum absolute atomic E-state index is 12.9. The Morgan fingerprint density at radius 1 is 1.21 bits per heavy atom. The minimum Gasteiger partial charge on any atom is -0.331 e. The molecular formula is C22H27NO3S2. The van der Waals surface area contributed by atoms with Crippen LogP contribution in [0.2, 0.25) is 0 Å². The fraction of sp³-hybridized carbons (Fsp3) is 0.409. The molecule has 2 heterocycles. The maximum Gasteiger partial charge on any atom is 0.247 e. The highest BCUT2D eigenvalue weighted by molar-refractivity contribution is 7.91. The van der Waals surface area contributed by atoms with Crippen molar-refractivity contribution in [3.8, 4) is 0 Å². The Balaban J connectivity index is 1.81. The number of benzene rings is 1.